The van der Waals surface area contributed by atoms with Gasteiger partial charge in [-0.25, -0.2) is 4.39 Å². The third-order valence-corrected chi connectivity index (χ3v) is 7.17. The molecule has 32 heavy (non-hydrogen) atoms. The number of carbonyl (C=O) groups excluding carboxylic acids is 1. The van der Waals surface area contributed by atoms with Crippen LogP contribution in [0, 0.1) is 5.82 Å². The van der Waals surface area contributed by atoms with Crippen LogP contribution in [-0.4, -0.2) is 51.2 Å². The number of nitrogens with zero attached hydrogens (tertiary/aromatic N) is 5. The van der Waals surface area contributed by atoms with Gasteiger partial charge in [-0.2, -0.15) is 5.10 Å². The van der Waals surface area contributed by atoms with E-state index in [-0.39, 0.29) is 17.3 Å². The zero-order valence-electron chi connectivity index (χ0n) is 17.4. The Morgan fingerprint density at radius 3 is 2.88 bits per heavy atom. The number of rotatable bonds is 7. The number of ether oxygens (including phenoxy) is 1. The monoisotopic (exact) mass is 454 g/mol. The van der Waals surface area contributed by atoms with Gasteiger partial charge >= 0.3 is 0 Å². The Labute approximate surface area is 188 Å². The molecule has 8 nitrogen and oxygen atoms in total. The summed E-state index contributed by atoms with van der Waals surface area (Å²) in [5, 5.41) is 12.0. The third-order valence-electron chi connectivity index (χ3n) is 6.33. The number of morpholine rings is 1. The molecule has 0 spiro atoms. The van der Waals surface area contributed by atoms with Crippen molar-refractivity contribution in [2.24, 2.45) is 0 Å². The Morgan fingerprint density at radius 1 is 1.31 bits per heavy atom. The van der Waals surface area contributed by atoms with Crippen LogP contribution in [0.2, 0.25) is 0 Å². The van der Waals surface area contributed by atoms with Gasteiger partial charge in [0.15, 0.2) is 0 Å². The summed E-state index contributed by atoms with van der Waals surface area (Å²) in [5.41, 5.74) is 2.58. The molecule has 1 aliphatic carbocycles. The first-order valence-corrected chi connectivity index (χ1v) is 11.5. The van der Waals surface area contributed by atoms with Crippen molar-refractivity contribution in [2.45, 2.75) is 36.8 Å². The topological polar surface area (TPSA) is 93.1 Å². The summed E-state index contributed by atoms with van der Waals surface area (Å²) in [6.07, 6.45) is 6.63. The van der Waals surface area contributed by atoms with Crippen molar-refractivity contribution < 1.29 is 13.9 Å². The minimum Gasteiger partial charge on any atom is -0.368 e. The molecule has 0 radical (unpaired) electrons. The molecule has 10 heteroatoms. The van der Waals surface area contributed by atoms with E-state index in [0.717, 1.165) is 30.5 Å². The number of halogens is 1. The van der Waals surface area contributed by atoms with Crippen molar-refractivity contribution in [3.63, 3.8) is 0 Å². The molecule has 2 unspecified atom stereocenters. The van der Waals surface area contributed by atoms with Gasteiger partial charge in [0.1, 0.15) is 17.7 Å². The van der Waals surface area contributed by atoms with E-state index in [1.54, 1.807) is 28.9 Å². The molecule has 3 aromatic rings. The van der Waals surface area contributed by atoms with Crippen LogP contribution in [-0.2, 0) is 14.9 Å². The number of hydrogen-bond donors (Lipinski definition) is 1. The second-order valence-electron chi connectivity index (χ2n) is 8.15. The van der Waals surface area contributed by atoms with Crippen LogP contribution in [0.15, 0.2) is 42.2 Å². The van der Waals surface area contributed by atoms with Crippen molar-refractivity contribution in [3.05, 3.63) is 64.3 Å². The number of anilines is 1. The molecular formula is C22H23FN6O2S. The Kier molecular flexibility index (Phi) is 5.79. The van der Waals surface area contributed by atoms with Gasteiger partial charge in [-0.05, 0) is 37.1 Å². The van der Waals surface area contributed by atoms with E-state index in [9.17, 15) is 9.18 Å². The molecule has 2 atom stereocenters. The first-order valence-electron chi connectivity index (χ1n) is 10.6. The predicted molar refractivity (Wildman–Crippen MR) is 117 cm³/mol. The number of thiazole rings is 1. The molecule has 4 heterocycles. The smallest absolute Gasteiger partial charge is 0.210 e. The summed E-state index contributed by atoms with van der Waals surface area (Å²) in [4.78, 5) is 22.7. The number of amides is 1. The van der Waals surface area contributed by atoms with E-state index in [0.29, 0.717) is 36.9 Å². The second kappa shape index (κ2) is 8.87. The van der Waals surface area contributed by atoms with Crippen molar-refractivity contribution in [1.29, 1.82) is 0 Å². The number of carbonyl (C=O) groups is 1. The minimum absolute atomic E-state index is 0.265. The molecule has 0 aromatic carbocycles. The van der Waals surface area contributed by atoms with Crippen LogP contribution in [0.5, 0.6) is 0 Å². The summed E-state index contributed by atoms with van der Waals surface area (Å²) in [7, 11) is 0. The maximum Gasteiger partial charge on any atom is 0.210 e. The molecule has 0 bridgehead atoms. The Balaban J connectivity index is 1.32. The number of pyridine rings is 1. The SMILES string of the molecule is O=CN1CCOC(c2ccc(NCC3(c4ncccc4F)CCC3)nn2)C1c1cncs1. The van der Waals surface area contributed by atoms with Crippen molar-refractivity contribution in [3.8, 4) is 0 Å². The molecule has 5 rings (SSSR count). The fourth-order valence-corrected chi connectivity index (χ4v) is 5.23. The van der Waals surface area contributed by atoms with Crippen molar-refractivity contribution >= 4 is 23.6 Å². The maximum absolute atomic E-state index is 14.3. The normalized spacial score (nSPS) is 22.2. The fourth-order valence-electron chi connectivity index (χ4n) is 4.46. The molecule has 1 amide bonds. The van der Waals surface area contributed by atoms with Gasteiger partial charge in [-0.15, -0.1) is 16.4 Å². The average Bonchev–Trinajstić information content (AvgIpc) is 3.34. The van der Waals surface area contributed by atoms with E-state index in [4.69, 9.17) is 4.74 Å². The molecule has 1 saturated heterocycles. The highest BCUT2D eigenvalue weighted by Gasteiger charge is 2.42. The fraction of sp³-hybridized carbons (Fsp3) is 0.409. The van der Waals surface area contributed by atoms with Crippen LogP contribution in [0.3, 0.4) is 0 Å². The molecule has 166 valence electrons. The van der Waals surface area contributed by atoms with Crippen LogP contribution in [0.4, 0.5) is 10.2 Å². The largest absolute Gasteiger partial charge is 0.368 e. The van der Waals surface area contributed by atoms with Gasteiger partial charge in [0, 0.05) is 30.9 Å². The lowest BCUT2D eigenvalue weighted by Gasteiger charge is -2.41. The Bertz CT molecular complexity index is 1060. The zero-order valence-corrected chi connectivity index (χ0v) is 18.2. The molecule has 1 N–H and O–H groups in total. The lowest BCUT2D eigenvalue weighted by molar-refractivity contribution is -0.134. The Morgan fingerprint density at radius 2 is 2.22 bits per heavy atom. The quantitative estimate of drug-likeness (QED) is 0.548. The highest BCUT2D eigenvalue weighted by molar-refractivity contribution is 7.09. The summed E-state index contributed by atoms with van der Waals surface area (Å²) in [6, 6.07) is 6.49. The minimum atomic E-state index is -0.420. The van der Waals surface area contributed by atoms with Gasteiger partial charge < -0.3 is 15.0 Å². The van der Waals surface area contributed by atoms with Crippen LogP contribution >= 0.6 is 11.3 Å². The predicted octanol–water partition coefficient (Wildman–Crippen LogP) is 3.27. The van der Waals surface area contributed by atoms with Crippen LogP contribution < -0.4 is 5.32 Å². The average molecular weight is 455 g/mol. The van der Waals surface area contributed by atoms with Gasteiger partial charge in [0.2, 0.25) is 6.41 Å². The van der Waals surface area contributed by atoms with Gasteiger partial charge in [0.25, 0.3) is 0 Å². The van der Waals surface area contributed by atoms with Gasteiger partial charge in [0.05, 0.1) is 34.4 Å². The van der Waals surface area contributed by atoms with E-state index in [2.05, 4.69) is 25.5 Å². The van der Waals surface area contributed by atoms with Crippen LogP contribution in [0.25, 0.3) is 0 Å². The zero-order chi connectivity index (χ0) is 22.0. The summed E-state index contributed by atoms with van der Waals surface area (Å²) in [5.74, 6) is 0.340. The molecule has 1 aliphatic heterocycles. The van der Waals surface area contributed by atoms with Gasteiger partial charge in [-0.1, -0.05) is 6.42 Å². The molecule has 2 fully saturated rings. The first kappa shape index (κ1) is 20.9. The highest BCUT2D eigenvalue weighted by atomic mass is 32.1. The standard InChI is InChI=1S/C22H23FN6O2S/c23-15-3-1-8-25-21(15)22(6-2-7-22)12-26-18-5-4-16(27-28-18)20-19(17-11-24-13-32-17)29(14-30)9-10-31-20/h1,3-5,8,11,13-14,19-20H,2,6-7,9-10,12H2,(H,26,28). The number of hydrogen-bond acceptors (Lipinski definition) is 8. The molecular weight excluding hydrogens is 431 g/mol. The van der Waals surface area contributed by atoms with Crippen molar-refractivity contribution in [2.75, 3.05) is 25.0 Å². The van der Waals surface area contributed by atoms with Gasteiger partial charge in [-0.3, -0.25) is 14.8 Å². The molecule has 3 aromatic heterocycles. The van der Waals surface area contributed by atoms with E-state index < -0.39 is 6.10 Å². The number of nitrogens with one attached hydrogen (secondary N) is 1. The van der Waals surface area contributed by atoms with Crippen LogP contribution in [0.1, 0.15) is 47.7 Å². The van der Waals surface area contributed by atoms with E-state index in [1.165, 1.54) is 17.4 Å². The highest BCUT2D eigenvalue weighted by Crippen LogP contribution is 2.44. The first-order chi connectivity index (χ1) is 15.7. The third kappa shape index (κ3) is 3.84. The maximum atomic E-state index is 14.3. The summed E-state index contributed by atoms with van der Waals surface area (Å²) >= 11 is 1.48. The lowest BCUT2D eigenvalue weighted by atomic mass is 9.66. The second-order valence-corrected chi connectivity index (χ2v) is 9.07. The lowest BCUT2D eigenvalue weighted by Crippen LogP contribution is -2.42. The van der Waals surface area contributed by atoms with Crippen molar-refractivity contribution in [1.82, 2.24) is 25.1 Å². The molecule has 2 aliphatic rings. The Hall–Kier alpha value is -2.98. The summed E-state index contributed by atoms with van der Waals surface area (Å²) in [6.45, 7) is 1.48. The number of aromatic nitrogens is 4. The van der Waals surface area contributed by atoms with E-state index in [1.807, 2.05) is 12.1 Å². The summed E-state index contributed by atoms with van der Waals surface area (Å²) < 4.78 is 20.3. The molecule has 1 saturated carbocycles. The van der Waals surface area contributed by atoms with E-state index >= 15 is 0 Å².